The summed E-state index contributed by atoms with van der Waals surface area (Å²) in [6.45, 7) is 0. The summed E-state index contributed by atoms with van der Waals surface area (Å²) in [7, 11) is 0. The van der Waals surface area contributed by atoms with Gasteiger partial charge in [0, 0.05) is 24.0 Å². The molecule has 0 N–H and O–H groups in total. The molecule has 54 valence electrons. The van der Waals surface area contributed by atoms with E-state index in [1.807, 2.05) is 0 Å². The molecule has 3 nitrogen and oxygen atoms in total. The number of nitrogens with zero attached hydrogens (tertiary/aromatic N) is 3. The molecule has 0 aliphatic rings. The molecule has 0 atom stereocenters. The lowest BCUT2D eigenvalue weighted by atomic mass is 10.3. The van der Waals surface area contributed by atoms with Gasteiger partial charge in [-0.15, -0.1) is 0 Å². The molecule has 0 radical (unpaired) electrons. The maximum Gasteiger partial charge on any atom is 0.116 e. The van der Waals surface area contributed by atoms with E-state index in [9.17, 15) is 0 Å². The third-order valence-electron chi connectivity index (χ3n) is 1.37. The van der Waals surface area contributed by atoms with Gasteiger partial charge in [0.2, 0.25) is 0 Å². The van der Waals surface area contributed by atoms with Gasteiger partial charge in [-0.3, -0.25) is 4.98 Å². The zero-order chi connectivity index (χ0) is 7.68. The average Bonchev–Trinajstić information content (AvgIpc) is 2.06. The van der Waals surface area contributed by atoms with Crippen molar-refractivity contribution in [1.29, 1.82) is 0 Å². The Morgan fingerprint density at radius 3 is 2.73 bits per heavy atom. The Labute approximate surface area is 77.0 Å². The van der Waals surface area contributed by atoms with Crippen molar-refractivity contribution in [3.63, 3.8) is 0 Å². The first-order valence-electron chi connectivity index (χ1n) is 3.07. The van der Waals surface area contributed by atoms with Crippen molar-refractivity contribution in [2.24, 2.45) is 0 Å². The van der Waals surface area contributed by atoms with Crippen molar-refractivity contribution in [1.82, 2.24) is 15.0 Å². The molecule has 0 saturated carbocycles. The van der Waals surface area contributed by atoms with Crippen LogP contribution in [0.25, 0.3) is 10.9 Å². The van der Waals surface area contributed by atoms with Crippen LogP contribution in [-0.2, 0) is 0 Å². The van der Waals surface area contributed by atoms with E-state index in [-0.39, 0.29) is 0 Å². The predicted molar refractivity (Wildman–Crippen MR) is 50.1 cm³/mol. The lowest BCUT2D eigenvalue weighted by molar-refractivity contribution is 1.20. The third-order valence-corrected chi connectivity index (χ3v) is 2.16. The average molecular weight is 257 g/mol. The van der Waals surface area contributed by atoms with Gasteiger partial charge in [0.05, 0.1) is 9.09 Å². The van der Waals surface area contributed by atoms with Crippen molar-refractivity contribution >= 4 is 33.5 Å². The summed E-state index contributed by atoms with van der Waals surface area (Å²) in [5, 5.41) is 0.986. The maximum absolute atomic E-state index is 4.12. The van der Waals surface area contributed by atoms with Crippen molar-refractivity contribution < 1.29 is 0 Å². The molecule has 0 aliphatic carbocycles. The highest BCUT2D eigenvalue weighted by atomic mass is 127. The highest BCUT2D eigenvalue weighted by Crippen LogP contribution is 2.14. The summed E-state index contributed by atoms with van der Waals surface area (Å²) >= 11 is 2.21. The van der Waals surface area contributed by atoms with Crippen molar-refractivity contribution in [2.45, 2.75) is 0 Å². The van der Waals surface area contributed by atoms with E-state index in [1.54, 1.807) is 24.9 Å². The van der Waals surface area contributed by atoms with Crippen LogP contribution in [0.5, 0.6) is 0 Å². The molecular formula is C7H4IN3. The van der Waals surface area contributed by atoms with Gasteiger partial charge in [0.25, 0.3) is 0 Å². The second-order valence-electron chi connectivity index (χ2n) is 2.08. The van der Waals surface area contributed by atoms with E-state index in [0.29, 0.717) is 0 Å². The molecule has 0 amide bonds. The first-order valence-corrected chi connectivity index (χ1v) is 4.15. The van der Waals surface area contributed by atoms with Crippen LogP contribution in [0.2, 0.25) is 0 Å². The van der Waals surface area contributed by atoms with Crippen LogP contribution >= 0.6 is 22.6 Å². The Morgan fingerprint density at radius 2 is 1.91 bits per heavy atom. The standard InChI is InChI=1S/C7H4IN3/c8-6-3-9-1-5-2-10-4-11-7(5)6/h1-4H. The molecule has 0 saturated heterocycles. The molecule has 4 heteroatoms. The monoisotopic (exact) mass is 257 g/mol. The number of hydrogen-bond donors (Lipinski definition) is 0. The van der Waals surface area contributed by atoms with Crippen LogP contribution in [0.15, 0.2) is 24.9 Å². The summed E-state index contributed by atoms with van der Waals surface area (Å²) in [5.41, 5.74) is 0.968. The molecule has 0 aliphatic heterocycles. The minimum atomic E-state index is 0.968. The lowest BCUT2D eigenvalue weighted by Gasteiger charge is -1.95. The minimum absolute atomic E-state index is 0.968. The van der Waals surface area contributed by atoms with Crippen molar-refractivity contribution in [2.75, 3.05) is 0 Å². The predicted octanol–water partition coefficient (Wildman–Crippen LogP) is 1.63. The molecule has 0 bridgehead atoms. The highest BCUT2D eigenvalue weighted by Gasteiger charge is 1.97. The number of fused-ring (bicyclic) bond motifs is 1. The topological polar surface area (TPSA) is 38.7 Å². The quantitative estimate of drug-likeness (QED) is 0.673. The van der Waals surface area contributed by atoms with Gasteiger partial charge >= 0.3 is 0 Å². The largest absolute Gasteiger partial charge is 0.263 e. The molecule has 2 aromatic heterocycles. The summed E-state index contributed by atoms with van der Waals surface area (Å²) in [6, 6.07) is 0. The number of hydrogen-bond acceptors (Lipinski definition) is 3. The first-order chi connectivity index (χ1) is 5.38. The van der Waals surface area contributed by atoms with E-state index in [1.165, 1.54) is 0 Å². The lowest BCUT2D eigenvalue weighted by Crippen LogP contribution is -1.85. The summed E-state index contributed by atoms with van der Waals surface area (Å²) in [5.74, 6) is 0. The normalized spacial score (nSPS) is 10.3. The Bertz CT molecular complexity index is 383. The van der Waals surface area contributed by atoms with E-state index in [0.717, 1.165) is 14.5 Å². The molecule has 2 rings (SSSR count). The molecule has 0 spiro atoms. The van der Waals surface area contributed by atoms with Crippen LogP contribution < -0.4 is 0 Å². The van der Waals surface area contributed by atoms with Gasteiger partial charge in [-0.2, -0.15) is 0 Å². The Hall–Kier alpha value is -0.780. The molecule has 0 aromatic carbocycles. The SMILES string of the molecule is Ic1cncc2cncnc12. The van der Waals surface area contributed by atoms with Gasteiger partial charge < -0.3 is 0 Å². The number of rotatable bonds is 0. The molecule has 0 unspecified atom stereocenters. The second kappa shape index (κ2) is 2.69. The zero-order valence-electron chi connectivity index (χ0n) is 5.53. The summed E-state index contributed by atoms with van der Waals surface area (Å²) in [6.07, 6.45) is 6.86. The van der Waals surface area contributed by atoms with Gasteiger partial charge in [0.1, 0.15) is 6.33 Å². The highest BCUT2D eigenvalue weighted by molar-refractivity contribution is 14.1. The first kappa shape index (κ1) is 6.90. The van der Waals surface area contributed by atoms with Gasteiger partial charge in [-0.1, -0.05) is 0 Å². The summed E-state index contributed by atoms with van der Waals surface area (Å²) < 4.78 is 1.06. The fourth-order valence-corrected chi connectivity index (χ4v) is 1.49. The van der Waals surface area contributed by atoms with E-state index >= 15 is 0 Å². The van der Waals surface area contributed by atoms with Gasteiger partial charge in [-0.05, 0) is 22.6 Å². The molecular weight excluding hydrogens is 253 g/mol. The number of pyridine rings is 1. The molecule has 0 fully saturated rings. The van der Waals surface area contributed by atoms with Gasteiger partial charge in [-0.25, -0.2) is 9.97 Å². The van der Waals surface area contributed by atoms with E-state index in [4.69, 9.17) is 0 Å². The van der Waals surface area contributed by atoms with Crippen LogP contribution in [0.3, 0.4) is 0 Å². The molecule has 2 heterocycles. The molecule has 11 heavy (non-hydrogen) atoms. The molecule has 2 aromatic rings. The smallest absolute Gasteiger partial charge is 0.116 e. The zero-order valence-corrected chi connectivity index (χ0v) is 7.69. The van der Waals surface area contributed by atoms with Crippen molar-refractivity contribution in [3.8, 4) is 0 Å². The van der Waals surface area contributed by atoms with Crippen LogP contribution in [0.4, 0.5) is 0 Å². The second-order valence-corrected chi connectivity index (χ2v) is 3.24. The Balaban J connectivity index is 2.91. The van der Waals surface area contributed by atoms with Crippen molar-refractivity contribution in [3.05, 3.63) is 28.5 Å². The van der Waals surface area contributed by atoms with E-state index < -0.39 is 0 Å². The third kappa shape index (κ3) is 1.18. The number of halogens is 1. The van der Waals surface area contributed by atoms with Crippen LogP contribution in [-0.4, -0.2) is 15.0 Å². The fourth-order valence-electron chi connectivity index (χ4n) is 0.879. The van der Waals surface area contributed by atoms with Crippen LogP contribution in [0.1, 0.15) is 0 Å². The fraction of sp³-hybridized carbons (Fsp3) is 0. The maximum atomic E-state index is 4.12. The Kier molecular flexibility index (Phi) is 1.69. The minimum Gasteiger partial charge on any atom is -0.263 e. The van der Waals surface area contributed by atoms with Gasteiger partial charge in [0.15, 0.2) is 0 Å². The van der Waals surface area contributed by atoms with Crippen LogP contribution in [0, 0.1) is 3.57 Å². The number of aromatic nitrogens is 3. The Morgan fingerprint density at radius 1 is 1.09 bits per heavy atom. The van der Waals surface area contributed by atoms with E-state index in [2.05, 4.69) is 37.5 Å². The summed E-state index contributed by atoms with van der Waals surface area (Å²) in [4.78, 5) is 12.0.